The minimum atomic E-state index is -0.220. The van der Waals surface area contributed by atoms with Crippen LogP contribution in [0.5, 0.6) is 0 Å². The van der Waals surface area contributed by atoms with Crippen molar-refractivity contribution < 1.29 is 4.79 Å². The number of halogens is 1. The van der Waals surface area contributed by atoms with Gasteiger partial charge >= 0.3 is 0 Å². The lowest BCUT2D eigenvalue weighted by molar-refractivity contribution is 0.0931. The van der Waals surface area contributed by atoms with Gasteiger partial charge in [-0.1, -0.05) is 43.1 Å². The SMILES string of the molecule is Cc1cc(Cl)ccc1C(=O)NC(C(N)=S)C1CCCCC1. The van der Waals surface area contributed by atoms with Crippen molar-refractivity contribution in [2.75, 3.05) is 0 Å². The molecule has 1 unspecified atom stereocenters. The van der Waals surface area contributed by atoms with E-state index in [1.165, 1.54) is 19.3 Å². The smallest absolute Gasteiger partial charge is 0.252 e. The topological polar surface area (TPSA) is 55.1 Å². The molecule has 0 spiro atoms. The van der Waals surface area contributed by atoms with Gasteiger partial charge in [-0.05, 0) is 49.4 Å². The molecule has 1 aliphatic carbocycles. The number of carbonyl (C=O) groups excluding carboxylic acids is 1. The normalized spacial score (nSPS) is 17.2. The predicted octanol–water partition coefficient (Wildman–Crippen LogP) is 3.61. The average molecular weight is 325 g/mol. The zero-order chi connectivity index (χ0) is 15.4. The number of hydrogen-bond donors (Lipinski definition) is 2. The fourth-order valence-corrected chi connectivity index (χ4v) is 3.47. The predicted molar refractivity (Wildman–Crippen MR) is 90.8 cm³/mol. The molecule has 1 aromatic rings. The molecule has 1 atom stereocenters. The van der Waals surface area contributed by atoms with Crippen molar-refractivity contribution in [2.45, 2.75) is 45.1 Å². The zero-order valence-electron chi connectivity index (χ0n) is 12.2. The van der Waals surface area contributed by atoms with Crippen LogP contribution < -0.4 is 11.1 Å². The zero-order valence-corrected chi connectivity index (χ0v) is 13.8. The van der Waals surface area contributed by atoms with E-state index in [2.05, 4.69) is 5.32 Å². The summed E-state index contributed by atoms with van der Waals surface area (Å²) in [4.78, 5) is 12.8. The van der Waals surface area contributed by atoms with Gasteiger partial charge in [-0.15, -0.1) is 0 Å². The maximum atomic E-state index is 12.5. The van der Waals surface area contributed by atoms with Crippen LogP contribution in [0.25, 0.3) is 0 Å². The standard InChI is InChI=1S/C16H21ClN2OS/c1-10-9-12(17)7-8-13(10)16(20)19-14(15(18)21)11-5-3-2-4-6-11/h7-9,11,14H,2-6H2,1H3,(H2,18,21)(H,19,20). The maximum Gasteiger partial charge on any atom is 0.252 e. The van der Waals surface area contributed by atoms with Crippen molar-refractivity contribution in [1.29, 1.82) is 0 Å². The van der Waals surface area contributed by atoms with Gasteiger partial charge in [0.15, 0.2) is 0 Å². The molecule has 1 fully saturated rings. The molecular weight excluding hydrogens is 304 g/mol. The van der Waals surface area contributed by atoms with Gasteiger partial charge in [-0.3, -0.25) is 4.79 Å². The van der Waals surface area contributed by atoms with Crippen molar-refractivity contribution >= 4 is 34.7 Å². The Kier molecular flexibility index (Phi) is 5.59. The third-order valence-corrected chi connectivity index (χ3v) is 4.64. The molecule has 2 rings (SSSR count). The lowest BCUT2D eigenvalue weighted by Crippen LogP contribution is -2.48. The highest BCUT2D eigenvalue weighted by Crippen LogP contribution is 2.27. The van der Waals surface area contributed by atoms with Crippen molar-refractivity contribution in [3.63, 3.8) is 0 Å². The Morgan fingerprint density at radius 3 is 2.62 bits per heavy atom. The van der Waals surface area contributed by atoms with Crippen molar-refractivity contribution in [3.05, 3.63) is 34.3 Å². The summed E-state index contributed by atoms with van der Waals surface area (Å²) < 4.78 is 0. The molecule has 0 bridgehead atoms. The van der Waals surface area contributed by atoms with E-state index in [1.807, 2.05) is 6.92 Å². The number of amides is 1. The van der Waals surface area contributed by atoms with Crippen LogP contribution in [-0.4, -0.2) is 16.9 Å². The van der Waals surface area contributed by atoms with Crippen molar-refractivity contribution in [1.82, 2.24) is 5.32 Å². The van der Waals surface area contributed by atoms with E-state index in [0.29, 0.717) is 21.5 Å². The highest BCUT2D eigenvalue weighted by molar-refractivity contribution is 7.80. The number of thiocarbonyl (C=S) groups is 1. The molecule has 0 saturated heterocycles. The summed E-state index contributed by atoms with van der Waals surface area (Å²) in [5.74, 6) is 0.223. The number of aryl methyl sites for hydroxylation is 1. The third kappa shape index (κ3) is 4.17. The van der Waals surface area contributed by atoms with Crippen LogP contribution in [0.2, 0.25) is 5.02 Å². The van der Waals surface area contributed by atoms with Gasteiger partial charge in [0.05, 0.1) is 11.0 Å². The summed E-state index contributed by atoms with van der Waals surface area (Å²) in [7, 11) is 0. The first-order chi connectivity index (χ1) is 9.99. The van der Waals surface area contributed by atoms with Crippen LogP contribution in [0.1, 0.15) is 48.0 Å². The number of benzene rings is 1. The van der Waals surface area contributed by atoms with Crippen LogP contribution in [0.4, 0.5) is 0 Å². The minimum absolute atomic E-state index is 0.132. The number of rotatable bonds is 4. The molecule has 0 radical (unpaired) electrons. The van der Waals surface area contributed by atoms with Crippen LogP contribution in [0.15, 0.2) is 18.2 Å². The summed E-state index contributed by atoms with van der Waals surface area (Å²) >= 11 is 11.1. The van der Waals surface area contributed by atoms with Gasteiger partial charge in [0.25, 0.3) is 5.91 Å². The Morgan fingerprint density at radius 1 is 1.38 bits per heavy atom. The highest BCUT2D eigenvalue weighted by Gasteiger charge is 2.27. The summed E-state index contributed by atoms with van der Waals surface area (Å²) in [6, 6.07) is 5.03. The molecule has 1 aliphatic rings. The molecule has 5 heteroatoms. The third-order valence-electron chi connectivity index (χ3n) is 4.15. The van der Waals surface area contributed by atoms with Crippen molar-refractivity contribution in [2.24, 2.45) is 11.7 Å². The van der Waals surface area contributed by atoms with E-state index in [9.17, 15) is 4.79 Å². The van der Waals surface area contributed by atoms with E-state index in [1.54, 1.807) is 18.2 Å². The van der Waals surface area contributed by atoms with Crippen LogP contribution >= 0.6 is 23.8 Å². The molecule has 1 aromatic carbocycles. The van der Waals surface area contributed by atoms with Gasteiger partial charge in [-0.2, -0.15) is 0 Å². The summed E-state index contributed by atoms with van der Waals surface area (Å²) in [5.41, 5.74) is 7.33. The van der Waals surface area contributed by atoms with Gasteiger partial charge in [0.2, 0.25) is 0 Å². The summed E-state index contributed by atoms with van der Waals surface area (Å²) in [6.07, 6.45) is 5.76. The molecule has 0 aromatic heterocycles. The van der Waals surface area contributed by atoms with Gasteiger partial charge < -0.3 is 11.1 Å². The van der Waals surface area contributed by atoms with Crippen LogP contribution in [0, 0.1) is 12.8 Å². The van der Waals surface area contributed by atoms with E-state index in [0.717, 1.165) is 18.4 Å². The monoisotopic (exact) mass is 324 g/mol. The summed E-state index contributed by atoms with van der Waals surface area (Å²) in [6.45, 7) is 1.87. The Bertz CT molecular complexity index is 541. The Balaban J connectivity index is 2.12. The quantitative estimate of drug-likeness (QED) is 0.832. The molecular formula is C16H21ClN2OS. The highest BCUT2D eigenvalue weighted by atomic mass is 35.5. The molecule has 1 amide bonds. The molecule has 3 nitrogen and oxygen atoms in total. The molecule has 21 heavy (non-hydrogen) atoms. The number of hydrogen-bond acceptors (Lipinski definition) is 2. The fourth-order valence-electron chi connectivity index (χ4n) is 2.99. The van der Waals surface area contributed by atoms with E-state index >= 15 is 0 Å². The second-order valence-electron chi connectivity index (χ2n) is 5.71. The number of nitrogens with two attached hydrogens (primary N) is 1. The first-order valence-electron chi connectivity index (χ1n) is 7.35. The number of carbonyl (C=O) groups is 1. The first kappa shape index (κ1) is 16.2. The fraction of sp³-hybridized carbons (Fsp3) is 0.500. The van der Waals surface area contributed by atoms with E-state index in [4.69, 9.17) is 29.6 Å². The Labute approximate surface area is 136 Å². The van der Waals surface area contributed by atoms with Gasteiger partial charge in [-0.25, -0.2) is 0 Å². The molecule has 0 heterocycles. The second kappa shape index (κ2) is 7.23. The van der Waals surface area contributed by atoms with Crippen molar-refractivity contribution in [3.8, 4) is 0 Å². The van der Waals surface area contributed by atoms with Gasteiger partial charge in [0, 0.05) is 10.6 Å². The molecule has 0 aliphatic heterocycles. The minimum Gasteiger partial charge on any atom is -0.392 e. The second-order valence-corrected chi connectivity index (χ2v) is 6.62. The van der Waals surface area contributed by atoms with Crippen LogP contribution in [0.3, 0.4) is 0 Å². The van der Waals surface area contributed by atoms with E-state index < -0.39 is 0 Å². The summed E-state index contributed by atoms with van der Waals surface area (Å²) in [5, 5.41) is 3.64. The lowest BCUT2D eigenvalue weighted by Gasteiger charge is -2.30. The van der Waals surface area contributed by atoms with Gasteiger partial charge in [0.1, 0.15) is 0 Å². The Hall–Kier alpha value is -1.13. The van der Waals surface area contributed by atoms with Crippen LogP contribution in [-0.2, 0) is 0 Å². The lowest BCUT2D eigenvalue weighted by atomic mass is 9.83. The van der Waals surface area contributed by atoms with E-state index in [-0.39, 0.29) is 11.9 Å². The molecule has 114 valence electrons. The first-order valence-corrected chi connectivity index (χ1v) is 8.14. The Morgan fingerprint density at radius 2 is 2.05 bits per heavy atom. The molecule has 1 saturated carbocycles. The molecule has 3 N–H and O–H groups in total. The largest absolute Gasteiger partial charge is 0.392 e. The average Bonchev–Trinajstić information content (AvgIpc) is 2.45. The maximum absolute atomic E-state index is 12.5. The number of nitrogens with one attached hydrogen (secondary N) is 1.